The molecule has 2 aromatic rings. The summed E-state index contributed by atoms with van der Waals surface area (Å²) in [6.07, 6.45) is 6.54. The molecule has 0 unspecified atom stereocenters. The molecule has 28 heavy (non-hydrogen) atoms. The number of hydrogen-bond donors (Lipinski definition) is 1. The molecular formula is C19H24N4O4S. The third-order valence-electron chi connectivity index (χ3n) is 4.49. The van der Waals surface area contributed by atoms with Gasteiger partial charge in [0.15, 0.2) is 0 Å². The first-order chi connectivity index (χ1) is 13.5. The number of piperidine rings is 1. The molecule has 1 aliphatic heterocycles. The summed E-state index contributed by atoms with van der Waals surface area (Å²) in [6.45, 7) is 2.56. The molecule has 1 aliphatic rings. The number of anilines is 1. The predicted octanol–water partition coefficient (Wildman–Crippen LogP) is 2.66. The SMILES string of the molecule is CCCS(=O)(=O)N1CCC[C@@H](C(=O)Nc2ccc(Oc3cnccn3)cc2)C1. The molecule has 1 saturated heterocycles. The first kappa shape index (κ1) is 20.2. The Morgan fingerprint density at radius 1 is 1.29 bits per heavy atom. The van der Waals surface area contributed by atoms with Crippen LogP contribution in [0.3, 0.4) is 0 Å². The average molecular weight is 404 g/mol. The summed E-state index contributed by atoms with van der Waals surface area (Å²) in [5.41, 5.74) is 0.630. The van der Waals surface area contributed by atoms with Gasteiger partial charge >= 0.3 is 0 Å². The van der Waals surface area contributed by atoms with Gasteiger partial charge in [0, 0.05) is 31.2 Å². The highest BCUT2D eigenvalue weighted by molar-refractivity contribution is 7.89. The maximum atomic E-state index is 12.6. The monoisotopic (exact) mass is 404 g/mol. The quantitative estimate of drug-likeness (QED) is 0.761. The van der Waals surface area contributed by atoms with Gasteiger partial charge in [0.25, 0.3) is 0 Å². The van der Waals surface area contributed by atoms with Crippen molar-refractivity contribution in [3.63, 3.8) is 0 Å². The van der Waals surface area contributed by atoms with E-state index in [1.807, 2.05) is 6.92 Å². The van der Waals surface area contributed by atoms with E-state index < -0.39 is 10.0 Å². The highest BCUT2D eigenvalue weighted by atomic mass is 32.2. The van der Waals surface area contributed by atoms with Crippen molar-refractivity contribution in [2.45, 2.75) is 26.2 Å². The van der Waals surface area contributed by atoms with Crippen molar-refractivity contribution in [2.75, 3.05) is 24.2 Å². The molecule has 9 heteroatoms. The molecule has 0 bridgehead atoms. The van der Waals surface area contributed by atoms with Crippen molar-refractivity contribution in [3.8, 4) is 11.6 Å². The minimum absolute atomic E-state index is 0.120. The molecule has 2 heterocycles. The van der Waals surface area contributed by atoms with Gasteiger partial charge in [-0.1, -0.05) is 6.92 Å². The van der Waals surface area contributed by atoms with Gasteiger partial charge in [0.1, 0.15) is 5.75 Å². The lowest BCUT2D eigenvalue weighted by Gasteiger charge is -2.31. The highest BCUT2D eigenvalue weighted by Gasteiger charge is 2.31. The van der Waals surface area contributed by atoms with E-state index in [2.05, 4.69) is 15.3 Å². The predicted molar refractivity (Wildman–Crippen MR) is 106 cm³/mol. The number of benzene rings is 1. The molecule has 3 rings (SSSR count). The molecule has 0 radical (unpaired) electrons. The number of nitrogens with zero attached hydrogens (tertiary/aromatic N) is 3. The Morgan fingerprint density at radius 2 is 2.07 bits per heavy atom. The normalized spacial score (nSPS) is 17.8. The van der Waals surface area contributed by atoms with Crippen molar-refractivity contribution < 1.29 is 17.9 Å². The van der Waals surface area contributed by atoms with Gasteiger partial charge in [-0.25, -0.2) is 17.7 Å². The van der Waals surface area contributed by atoms with Crippen LogP contribution in [0.4, 0.5) is 5.69 Å². The van der Waals surface area contributed by atoms with Crippen molar-refractivity contribution >= 4 is 21.6 Å². The Balaban J connectivity index is 1.58. The number of amides is 1. The first-order valence-corrected chi connectivity index (χ1v) is 10.9. The van der Waals surface area contributed by atoms with E-state index >= 15 is 0 Å². The van der Waals surface area contributed by atoms with Crippen LogP contribution < -0.4 is 10.1 Å². The lowest BCUT2D eigenvalue weighted by atomic mass is 9.99. The maximum Gasteiger partial charge on any atom is 0.237 e. The largest absolute Gasteiger partial charge is 0.438 e. The van der Waals surface area contributed by atoms with Crippen LogP contribution in [0.2, 0.25) is 0 Å². The van der Waals surface area contributed by atoms with E-state index in [1.54, 1.807) is 30.5 Å². The second kappa shape index (κ2) is 9.11. The topological polar surface area (TPSA) is 101 Å². The number of rotatable bonds is 7. The lowest BCUT2D eigenvalue weighted by molar-refractivity contribution is -0.120. The summed E-state index contributed by atoms with van der Waals surface area (Å²) in [4.78, 5) is 20.6. The molecular weight excluding hydrogens is 380 g/mol. The van der Waals surface area contributed by atoms with Gasteiger partial charge in [0.05, 0.1) is 17.9 Å². The van der Waals surface area contributed by atoms with Crippen molar-refractivity contribution in [2.24, 2.45) is 5.92 Å². The number of carbonyl (C=O) groups is 1. The van der Waals surface area contributed by atoms with Gasteiger partial charge in [-0.15, -0.1) is 0 Å². The molecule has 0 spiro atoms. The highest BCUT2D eigenvalue weighted by Crippen LogP contribution is 2.24. The lowest BCUT2D eigenvalue weighted by Crippen LogP contribution is -2.44. The number of nitrogens with one attached hydrogen (secondary N) is 1. The Bertz CT molecular complexity index is 888. The molecule has 1 atom stereocenters. The van der Waals surface area contributed by atoms with Gasteiger partial charge in [0.2, 0.25) is 21.8 Å². The van der Waals surface area contributed by atoms with Crippen LogP contribution in [0.1, 0.15) is 26.2 Å². The molecule has 1 N–H and O–H groups in total. The third-order valence-corrected chi connectivity index (χ3v) is 6.54. The van der Waals surface area contributed by atoms with Crippen LogP contribution in [0.25, 0.3) is 0 Å². The number of aromatic nitrogens is 2. The standard InChI is InChI=1S/C19H24N4O4S/c1-2-12-28(25,26)23-11-3-4-15(14-23)19(24)22-16-5-7-17(8-6-16)27-18-13-20-9-10-21-18/h5-10,13,15H,2-4,11-12,14H2,1H3,(H,22,24)/t15-/m1/s1. The number of hydrogen-bond acceptors (Lipinski definition) is 6. The van der Waals surface area contributed by atoms with Crippen molar-refractivity contribution in [3.05, 3.63) is 42.9 Å². The Labute approximate surface area is 165 Å². The second-order valence-corrected chi connectivity index (χ2v) is 8.76. The molecule has 1 aromatic heterocycles. The number of ether oxygens (including phenoxy) is 1. The van der Waals surface area contributed by atoms with E-state index in [-0.39, 0.29) is 24.1 Å². The summed E-state index contributed by atoms with van der Waals surface area (Å²) >= 11 is 0. The zero-order chi connectivity index (χ0) is 20.0. The van der Waals surface area contributed by atoms with E-state index in [4.69, 9.17) is 4.74 Å². The Kier molecular flexibility index (Phi) is 6.58. The first-order valence-electron chi connectivity index (χ1n) is 9.30. The van der Waals surface area contributed by atoms with Gasteiger partial charge in [-0.3, -0.25) is 9.78 Å². The molecule has 0 aliphatic carbocycles. The van der Waals surface area contributed by atoms with Crippen LogP contribution in [0, 0.1) is 5.92 Å². The summed E-state index contributed by atoms with van der Waals surface area (Å²) in [5.74, 6) is 0.562. The van der Waals surface area contributed by atoms with Crippen molar-refractivity contribution in [1.29, 1.82) is 0 Å². The summed E-state index contributed by atoms with van der Waals surface area (Å²) in [6, 6.07) is 6.92. The van der Waals surface area contributed by atoms with E-state index in [9.17, 15) is 13.2 Å². The fraction of sp³-hybridized carbons (Fsp3) is 0.421. The fourth-order valence-electron chi connectivity index (χ4n) is 3.11. The van der Waals surface area contributed by atoms with E-state index in [0.29, 0.717) is 43.1 Å². The average Bonchev–Trinajstić information content (AvgIpc) is 2.70. The summed E-state index contributed by atoms with van der Waals surface area (Å²) in [7, 11) is -3.28. The van der Waals surface area contributed by atoms with Gasteiger partial charge < -0.3 is 10.1 Å². The third kappa shape index (κ3) is 5.26. The van der Waals surface area contributed by atoms with Gasteiger partial charge in [-0.05, 0) is 43.5 Å². The van der Waals surface area contributed by atoms with Crippen molar-refractivity contribution in [1.82, 2.24) is 14.3 Å². The maximum absolute atomic E-state index is 12.6. The van der Waals surface area contributed by atoms with Crippen LogP contribution in [0.5, 0.6) is 11.6 Å². The smallest absolute Gasteiger partial charge is 0.237 e. The van der Waals surface area contributed by atoms with Crippen LogP contribution in [0.15, 0.2) is 42.9 Å². The molecule has 0 saturated carbocycles. The van der Waals surface area contributed by atoms with Crippen LogP contribution in [-0.4, -0.2) is 47.4 Å². The fourth-order valence-corrected chi connectivity index (χ4v) is 4.69. The zero-order valence-corrected chi connectivity index (χ0v) is 16.6. The zero-order valence-electron chi connectivity index (χ0n) is 15.7. The van der Waals surface area contributed by atoms with Crippen LogP contribution in [-0.2, 0) is 14.8 Å². The Hall–Kier alpha value is -2.52. The van der Waals surface area contributed by atoms with Gasteiger partial charge in [-0.2, -0.15) is 0 Å². The molecule has 150 valence electrons. The minimum atomic E-state index is -3.28. The molecule has 1 fully saturated rings. The van der Waals surface area contributed by atoms with Crippen LogP contribution >= 0.6 is 0 Å². The van der Waals surface area contributed by atoms with E-state index in [1.165, 1.54) is 16.7 Å². The number of sulfonamides is 1. The second-order valence-electron chi connectivity index (χ2n) is 6.67. The molecule has 1 amide bonds. The number of carbonyl (C=O) groups excluding carboxylic acids is 1. The van der Waals surface area contributed by atoms with E-state index in [0.717, 1.165) is 0 Å². The summed E-state index contributed by atoms with van der Waals surface area (Å²) < 4.78 is 31.6. The summed E-state index contributed by atoms with van der Waals surface area (Å²) in [5, 5.41) is 2.86. The molecule has 8 nitrogen and oxygen atoms in total. The molecule has 1 aromatic carbocycles. The Morgan fingerprint density at radius 3 is 2.75 bits per heavy atom. The minimum Gasteiger partial charge on any atom is -0.438 e.